The Balaban J connectivity index is 2.06. The number of rotatable bonds is 6. The molecule has 0 saturated heterocycles. The van der Waals surface area contributed by atoms with Crippen LogP contribution in [0.5, 0.6) is 0 Å². The Kier molecular flexibility index (Phi) is 8.02. The van der Waals surface area contributed by atoms with Gasteiger partial charge in [-0.1, -0.05) is 139 Å². The second-order valence-corrected chi connectivity index (χ2v) is 12.7. The number of hydrogen-bond donors (Lipinski definition) is 2. The molecule has 0 aliphatic carbocycles. The second kappa shape index (κ2) is 10.8. The normalized spacial score (nSPS) is 12.5. The summed E-state index contributed by atoms with van der Waals surface area (Å²) in [5.74, 6) is 1.45. The molecule has 0 fully saturated rings. The first kappa shape index (κ1) is 27.6. The van der Waals surface area contributed by atoms with Crippen molar-refractivity contribution in [1.82, 2.24) is 0 Å². The topological polar surface area (TPSA) is 0 Å². The lowest BCUT2D eigenvalue weighted by Crippen LogP contribution is -2.31. The van der Waals surface area contributed by atoms with E-state index in [-0.39, 0.29) is 10.8 Å². The van der Waals surface area contributed by atoms with E-state index in [4.69, 9.17) is 0 Å². The third-order valence-electron chi connectivity index (χ3n) is 7.51. The monoisotopic (exact) mass is 524 g/mol. The molecule has 37 heavy (non-hydrogen) atoms. The van der Waals surface area contributed by atoms with Crippen molar-refractivity contribution in [3.63, 3.8) is 0 Å². The van der Waals surface area contributed by atoms with Crippen LogP contribution in [-0.2, 0) is 27.8 Å². The summed E-state index contributed by atoms with van der Waals surface area (Å²) in [6, 6.07) is 36.5. The van der Waals surface area contributed by atoms with Crippen molar-refractivity contribution < 1.29 is 0 Å². The van der Waals surface area contributed by atoms with Crippen LogP contribution in [0.15, 0.2) is 97.1 Å². The van der Waals surface area contributed by atoms with Crippen LogP contribution in [0.3, 0.4) is 0 Å². The van der Waals surface area contributed by atoms with Crippen LogP contribution in [0.1, 0.15) is 86.1 Å². The first-order chi connectivity index (χ1) is 17.5. The van der Waals surface area contributed by atoms with Crippen molar-refractivity contribution in [3.05, 3.63) is 142 Å². The molecule has 0 aliphatic heterocycles. The summed E-state index contributed by atoms with van der Waals surface area (Å²) in [7, 11) is 0. The highest BCUT2D eigenvalue weighted by molar-refractivity contribution is 7.79. The van der Waals surface area contributed by atoms with Crippen molar-refractivity contribution in [2.45, 2.75) is 69.3 Å². The summed E-state index contributed by atoms with van der Waals surface area (Å²) in [6.45, 7) is 13.6. The maximum atomic E-state index is 4.52. The van der Waals surface area contributed by atoms with Crippen molar-refractivity contribution in [2.24, 2.45) is 0 Å². The third kappa shape index (κ3) is 5.56. The zero-order valence-electron chi connectivity index (χ0n) is 23.0. The minimum Gasteiger partial charge on any atom is -0.175 e. The molecule has 4 aromatic rings. The lowest BCUT2D eigenvalue weighted by Gasteiger charge is -2.38. The van der Waals surface area contributed by atoms with E-state index in [9.17, 15) is 0 Å². The minimum atomic E-state index is -0.461. The first-order valence-electron chi connectivity index (χ1n) is 13.1. The molecule has 0 saturated carbocycles. The summed E-state index contributed by atoms with van der Waals surface area (Å²) >= 11 is 9.04. The van der Waals surface area contributed by atoms with Gasteiger partial charge in [-0.2, -0.15) is 25.3 Å². The summed E-state index contributed by atoms with van der Waals surface area (Å²) in [5, 5.41) is 0. The summed E-state index contributed by atoms with van der Waals surface area (Å²) in [6.07, 6.45) is 0. The largest absolute Gasteiger partial charge is 0.175 e. The molecular weight excluding hydrogens is 485 g/mol. The predicted molar refractivity (Wildman–Crippen MR) is 168 cm³/mol. The molecule has 4 rings (SSSR count). The molecule has 0 unspecified atom stereocenters. The predicted octanol–water partition coefficient (Wildman–Crippen LogP) is 9.52. The van der Waals surface area contributed by atoms with Gasteiger partial charge in [-0.25, -0.2) is 0 Å². The first-order valence-corrected chi connectivity index (χ1v) is 14.4. The average molecular weight is 525 g/mol. The highest BCUT2D eigenvalue weighted by atomic mass is 32.1. The van der Waals surface area contributed by atoms with Gasteiger partial charge in [-0.15, -0.1) is 0 Å². The van der Waals surface area contributed by atoms with E-state index in [0.717, 1.165) is 11.5 Å². The fraction of sp³-hybridized carbons (Fsp3) is 0.314. The molecule has 0 radical (unpaired) electrons. The van der Waals surface area contributed by atoms with Gasteiger partial charge in [0.25, 0.3) is 0 Å². The van der Waals surface area contributed by atoms with Crippen LogP contribution in [0.25, 0.3) is 0 Å². The van der Waals surface area contributed by atoms with Gasteiger partial charge in [0.15, 0.2) is 0 Å². The van der Waals surface area contributed by atoms with E-state index < -0.39 is 5.41 Å². The van der Waals surface area contributed by atoms with E-state index in [1.54, 1.807) is 0 Å². The zero-order chi connectivity index (χ0) is 26.8. The Morgan fingerprint density at radius 2 is 0.595 bits per heavy atom. The molecular formula is C35H40S2. The molecule has 2 heteroatoms. The fourth-order valence-electron chi connectivity index (χ4n) is 5.16. The lowest BCUT2D eigenvalue weighted by atomic mass is 9.64. The smallest absolute Gasteiger partial charge is 0.0701 e. The maximum absolute atomic E-state index is 4.52. The van der Waals surface area contributed by atoms with Gasteiger partial charge in [0.05, 0.1) is 5.41 Å². The van der Waals surface area contributed by atoms with Crippen molar-refractivity contribution >= 4 is 25.3 Å². The summed E-state index contributed by atoms with van der Waals surface area (Å²) < 4.78 is 0. The molecule has 0 aromatic heterocycles. The molecule has 0 heterocycles. The van der Waals surface area contributed by atoms with Gasteiger partial charge >= 0.3 is 0 Å². The van der Waals surface area contributed by atoms with Gasteiger partial charge in [0.1, 0.15) is 0 Å². The van der Waals surface area contributed by atoms with Crippen molar-refractivity contribution in [1.29, 1.82) is 0 Å². The molecule has 0 amide bonds. The van der Waals surface area contributed by atoms with Crippen LogP contribution in [0.2, 0.25) is 0 Å². The Hall–Kier alpha value is -2.42. The lowest BCUT2D eigenvalue weighted by molar-refractivity contribution is 0.588. The molecule has 0 N–H and O–H groups in total. The minimum absolute atomic E-state index is 0.0952. The van der Waals surface area contributed by atoms with Gasteiger partial charge in [-0.05, 0) is 55.3 Å². The van der Waals surface area contributed by atoms with Gasteiger partial charge in [-0.3, -0.25) is 0 Å². The molecule has 0 nitrogen and oxygen atoms in total. The van der Waals surface area contributed by atoms with E-state index in [2.05, 4.69) is 164 Å². The molecule has 0 bridgehead atoms. The number of benzene rings is 4. The third-order valence-corrected chi connectivity index (χ3v) is 8.24. The van der Waals surface area contributed by atoms with Crippen molar-refractivity contribution in [2.75, 3.05) is 0 Å². The Morgan fingerprint density at radius 3 is 0.811 bits per heavy atom. The van der Waals surface area contributed by atoms with Gasteiger partial charge < -0.3 is 0 Å². The van der Waals surface area contributed by atoms with E-state index >= 15 is 0 Å². The molecule has 0 spiro atoms. The summed E-state index contributed by atoms with van der Waals surface area (Å²) in [5.41, 5.74) is 9.88. The van der Waals surface area contributed by atoms with Crippen LogP contribution in [-0.4, -0.2) is 0 Å². The molecule has 0 aliphatic rings. The number of hydrogen-bond acceptors (Lipinski definition) is 2. The Labute approximate surface area is 235 Å². The maximum Gasteiger partial charge on any atom is 0.0701 e. The van der Waals surface area contributed by atoms with Crippen molar-refractivity contribution in [3.8, 4) is 0 Å². The van der Waals surface area contributed by atoms with E-state index in [1.807, 2.05) is 0 Å². The van der Waals surface area contributed by atoms with E-state index in [1.165, 1.54) is 44.5 Å². The standard InChI is InChI=1S/C35H40S2/c1-33(2,3)27-15-19-31(20-16-27)35(29-11-7-25(23-36)8-12-29,30-13-9-26(24-37)10-14-30)32-21-17-28(18-22-32)34(4,5)6/h7-22,36-37H,23-24H2,1-6H3. The number of thiol groups is 2. The Morgan fingerprint density at radius 1 is 0.378 bits per heavy atom. The highest BCUT2D eigenvalue weighted by Gasteiger charge is 2.38. The zero-order valence-corrected chi connectivity index (χ0v) is 24.8. The second-order valence-electron chi connectivity index (χ2n) is 12.1. The molecule has 0 atom stereocenters. The fourth-order valence-corrected chi connectivity index (χ4v) is 5.58. The van der Waals surface area contributed by atoms with Crippen LogP contribution >= 0.6 is 25.3 Å². The SMILES string of the molecule is CC(C)(C)c1ccc(C(c2ccc(CS)cc2)(c2ccc(CS)cc2)c2ccc(C(C)(C)C)cc2)cc1. The highest BCUT2D eigenvalue weighted by Crippen LogP contribution is 2.46. The summed E-state index contributed by atoms with van der Waals surface area (Å²) in [4.78, 5) is 0. The van der Waals surface area contributed by atoms with E-state index in [0.29, 0.717) is 0 Å². The quantitative estimate of drug-likeness (QED) is 0.182. The Bertz CT molecular complexity index is 1190. The van der Waals surface area contributed by atoms with Crippen LogP contribution in [0.4, 0.5) is 0 Å². The van der Waals surface area contributed by atoms with Crippen LogP contribution in [0, 0.1) is 0 Å². The average Bonchev–Trinajstić information content (AvgIpc) is 2.89. The van der Waals surface area contributed by atoms with Gasteiger partial charge in [0.2, 0.25) is 0 Å². The van der Waals surface area contributed by atoms with Gasteiger partial charge in [0, 0.05) is 11.5 Å². The molecule has 192 valence electrons. The van der Waals surface area contributed by atoms with Crippen LogP contribution < -0.4 is 0 Å². The molecule has 4 aromatic carbocycles.